The van der Waals surface area contributed by atoms with Crippen LogP contribution < -0.4 is 0 Å². The van der Waals surface area contributed by atoms with Crippen molar-refractivity contribution in [3.05, 3.63) is 0 Å². The minimum absolute atomic E-state index is 0.0400. The van der Waals surface area contributed by atoms with Crippen molar-refractivity contribution < 1.29 is 28.6 Å². The molecule has 140 valence electrons. The number of rotatable bonds is 8. The zero-order valence-electron chi connectivity index (χ0n) is 15.1. The van der Waals surface area contributed by atoms with Crippen LogP contribution in [0.4, 0.5) is 0 Å². The van der Waals surface area contributed by atoms with E-state index in [0.717, 1.165) is 25.9 Å². The highest BCUT2D eigenvalue weighted by molar-refractivity contribution is 5.86. The Morgan fingerprint density at radius 2 is 1.88 bits per heavy atom. The van der Waals surface area contributed by atoms with Crippen LogP contribution >= 0.6 is 0 Å². The Bertz CT molecular complexity index is 544. The molecule has 2 bridgehead atoms. The second-order valence-corrected chi connectivity index (χ2v) is 7.27. The summed E-state index contributed by atoms with van der Waals surface area (Å²) in [6, 6.07) is 0. The van der Waals surface area contributed by atoms with Gasteiger partial charge in [-0.2, -0.15) is 0 Å². The molecule has 1 saturated heterocycles. The van der Waals surface area contributed by atoms with Crippen LogP contribution in [0.2, 0.25) is 0 Å². The van der Waals surface area contributed by atoms with Gasteiger partial charge in [-0.1, -0.05) is 13.8 Å². The van der Waals surface area contributed by atoms with Gasteiger partial charge in [0.2, 0.25) is 0 Å². The van der Waals surface area contributed by atoms with Crippen LogP contribution in [-0.2, 0) is 28.6 Å². The largest absolute Gasteiger partial charge is 0.469 e. The SMILES string of the molecule is CCCN(CCC)CC(=O)OC1C2CC3C1OC(=O)C3C2C(=O)OC. The predicted molar refractivity (Wildman–Crippen MR) is 87.4 cm³/mol. The van der Waals surface area contributed by atoms with Gasteiger partial charge in [-0.3, -0.25) is 19.3 Å². The molecule has 0 aromatic rings. The number of ether oxygens (including phenoxy) is 3. The predicted octanol–water partition coefficient (Wildman–Crippen LogP) is 1.00. The topological polar surface area (TPSA) is 82.1 Å². The summed E-state index contributed by atoms with van der Waals surface area (Å²) in [4.78, 5) is 38.7. The van der Waals surface area contributed by atoms with E-state index in [1.54, 1.807) is 0 Å². The van der Waals surface area contributed by atoms with Crippen molar-refractivity contribution in [3.63, 3.8) is 0 Å². The lowest BCUT2D eigenvalue weighted by Gasteiger charge is -2.30. The second-order valence-electron chi connectivity index (χ2n) is 7.27. The van der Waals surface area contributed by atoms with Crippen molar-refractivity contribution in [2.24, 2.45) is 23.7 Å². The Morgan fingerprint density at radius 1 is 1.20 bits per heavy atom. The van der Waals surface area contributed by atoms with Gasteiger partial charge in [0, 0.05) is 11.8 Å². The number of esters is 3. The fraction of sp³-hybridized carbons (Fsp3) is 0.833. The smallest absolute Gasteiger partial charge is 0.320 e. The van der Waals surface area contributed by atoms with Crippen LogP contribution in [0.15, 0.2) is 0 Å². The first-order valence-corrected chi connectivity index (χ1v) is 9.21. The minimum Gasteiger partial charge on any atom is -0.469 e. The van der Waals surface area contributed by atoms with Crippen molar-refractivity contribution >= 4 is 17.9 Å². The summed E-state index contributed by atoms with van der Waals surface area (Å²) >= 11 is 0. The molecular weight excluding hydrogens is 326 g/mol. The highest BCUT2D eigenvalue weighted by atomic mass is 16.6. The Hall–Kier alpha value is -1.63. The first kappa shape index (κ1) is 18.2. The first-order valence-electron chi connectivity index (χ1n) is 9.21. The molecule has 7 heteroatoms. The van der Waals surface area contributed by atoms with E-state index >= 15 is 0 Å². The highest BCUT2D eigenvalue weighted by Gasteiger charge is 2.70. The van der Waals surface area contributed by atoms with Gasteiger partial charge in [-0.25, -0.2) is 0 Å². The van der Waals surface area contributed by atoms with Gasteiger partial charge in [0.05, 0.1) is 25.5 Å². The first-order chi connectivity index (χ1) is 12.0. The number of hydrogen-bond donors (Lipinski definition) is 0. The Labute approximate surface area is 148 Å². The third-order valence-electron chi connectivity index (χ3n) is 5.72. The molecule has 1 heterocycles. The quantitative estimate of drug-likeness (QED) is 0.475. The van der Waals surface area contributed by atoms with Crippen molar-refractivity contribution in [1.82, 2.24) is 4.90 Å². The molecule has 0 N–H and O–H groups in total. The molecule has 3 rings (SSSR count). The van der Waals surface area contributed by atoms with Crippen molar-refractivity contribution in [2.45, 2.75) is 45.3 Å². The van der Waals surface area contributed by atoms with E-state index in [1.807, 2.05) is 0 Å². The lowest BCUT2D eigenvalue weighted by Crippen LogP contribution is -2.45. The zero-order chi connectivity index (χ0) is 18.1. The van der Waals surface area contributed by atoms with Gasteiger partial charge in [0.15, 0.2) is 0 Å². The summed E-state index contributed by atoms with van der Waals surface area (Å²) in [5, 5.41) is 0. The lowest BCUT2D eigenvalue weighted by atomic mass is 9.78. The van der Waals surface area contributed by atoms with E-state index in [2.05, 4.69) is 18.7 Å². The molecule has 3 fully saturated rings. The normalized spacial score (nSPS) is 35.1. The third-order valence-corrected chi connectivity index (χ3v) is 5.72. The van der Waals surface area contributed by atoms with Gasteiger partial charge >= 0.3 is 17.9 Å². The minimum atomic E-state index is -0.554. The maximum atomic E-state index is 12.4. The highest BCUT2D eigenvalue weighted by Crippen LogP contribution is 2.58. The Balaban J connectivity index is 1.68. The fourth-order valence-corrected chi connectivity index (χ4v) is 4.88. The monoisotopic (exact) mass is 353 g/mol. The molecule has 1 aliphatic heterocycles. The number of carbonyl (C=O) groups is 3. The maximum absolute atomic E-state index is 12.4. The molecule has 2 aliphatic carbocycles. The van der Waals surface area contributed by atoms with Crippen LogP contribution in [0.25, 0.3) is 0 Å². The van der Waals surface area contributed by atoms with E-state index in [4.69, 9.17) is 14.2 Å². The van der Waals surface area contributed by atoms with Gasteiger partial charge < -0.3 is 14.2 Å². The van der Waals surface area contributed by atoms with Crippen LogP contribution in [0.3, 0.4) is 0 Å². The number of methoxy groups -OCH3 is 1. The van der Waals surface area contributed by atoms with E-state index in [9.17, 15) is 14.4 Å². The average Bonchev–Trinajstić information content (AvgIpc) is 3.18. The van der Waals surface area contributed by atoms with E-state index < -0.39 is 30.0 Å². The molecule has 6 unspecified atom stereocenters. The second kappa shape index (κ2) is 7.32. The van der Waals surface area contributed by atoms with Crippen LogP contribution in [0.1, 0.15) is 33.1 Å². The van der Waals surface area contributed by atoms with Gasteiger partial charge in [-0.05, 0) is 32.4 Å². The molecule has 6 atom stereocenters. The average molecular weight is 353 g/mol. The fourth-order valence-electron chi connectivity index (χ4n) is 4.88. The van der Waals surface area contributed by atoms with Crippen LogP contribution in [-0.4, -0.2) is 61.8 Å². The molecular formula is C18H27NO6. The van der Waals surface area contributed by atoms with E-state index in [0.29, 0.717) is 6.42 Å². The molecule has 0 amide bonds. The summed E-state index contributed by atoms with van der Waals surface area (Å²) in [5.41, 5.74) is 0. The number of fused-ring (bicyclic) bond motifs is 1. The summed E-state index contributed by atoms with van der Waals surface area (Å²) in [6.07, 6.45) is 1.67. The number of hydrogen-bond acceptors (Lipinski definition) is 7. The Morgan fingerprint density at radius 3 is 2.48 bits per heavy atom. The molecule has 0 radical (unpaired) electrons. The molecule has 3 aliphatic rings. The summed E-state index contributed by atoms with van der Waals surface area (Å²) in [6.45, 7) is 6.05. The Kier molecular flexibility index (Phi) is 5.32. The van der Waals surface area contributed by atoms with Crippen LogP contribution in [0.5, 0.6) is 0 Å². The van der Waals surface area contributed by atoms with Crippen LogP contribution in [0, 0.1) is 23.7 Å². The summed E-state index contributed by atoms with van der Waals surface area (Å²) in [7, 11) is 1.32. The molecule has 0 aromatic heterocycles. The zero-order valence-corrected chi connectivity index (χ0v) is 15.1. The standard InChI is InChI=1S/C18H27NO6/c1-4-6-19(7-5-2)9-12(20)24-15-10-8-11-14(13(10)17(21)23-3)18(22)25-16(11)15/h10-11,13-16H,4-9H2,1-3H3. The van der Waals surface area contributed by atoms with Gasteiger partial charge in [0.25, 0.3) is 0 Å². The molecule has 0 aromatic carbocycles. The molecule has 25 heavy (non-hydrogen) atoms. The maximum Gasteiger partial charge on any atom is 0.320 e. The van der Waals surface area contributed by atoms with Crippen molar-refractivity contribution in [2.75, 3.05) is 26.7 Å². The molecule has 0 spiro atoms. The van der Waals surface area contributed by atoms with Crippen molar-refractivity contribution in [1.29, 1.82) is 0 Å². The number of carbonyl (C=O) groups excluding carboxylic acids is 3. The summed E-state index contributed by atoms with van der Waals surface area (Å²) in [5.74, 6) is -2.30. The van der Waals surface area contributed by atoms with Gasteiger partial charge in [-0.15, -0.1) is 0 Å². The van der Waals surface area contributed by atoms with Gasteiger partial charge in [0.1, 0.15) is 12.2 Å². The summed E-state index contributed by atoms with van der Waals surface area (Å²) < 4.78 is 16.0. The van der Waals surface area contributed by atoms with E-state index in [-0.39, 0.29) is 30.3 Å². The third kappa shape index (κ3) is 3.14. The lowest BCUT2D eigenvalue weighted by molar-refractivity contribution is -0.166. The molecule has 7 nitrogen and oxygen atoms in total. The molecule has 2 saturated carbocycles. The van der Waals surface area contributed by atoms with E-state index in [1.165, 1.54) is 7.11 Å². The number of nitrogens with zero attached hydrogens (tertiary/aromatic N) is 1. The van der Waals surface area contributed by atoms with Crippen molar-refractivity contribution in [3.8, 4) is 0 Å².